The lowest BCUT2D eigenvalue weighted by Crippen LogP contribution is -2.39. The molecule has 2 aromatic carbocycles. The number of nitrogens with zero attached hydrogens (tertiary/aromatic N) is 1. The zero-order chi connectivity index (χ0) is 18.8. The van der Waals surface area contributed by atoms with Gasteiger partial charge in [0.1, 0.15) is 0 Å². The molecule has 6 heteroatoms. The summed E-state index contributed by atoms with van der Waals surface area (Å²) in [5.41, 5.74) is 5.46. The van der Waals surface area contributed by atoms with Crippen LogP contribution in [-0.2, 0) is 11.3 Å². The Kier molecular flexibility index (Phi) is 4.95. The van der Waals surface area contributed by atoms with Crippen LogP contribution in [0.3, 0.4) is 0 Å². The van der Waals surface area contributed by atoms with Gasteiger partial charge in [-0.3, -0.25) is 9.69 Å². The van der Waals surface area contributed by atoms with Gasteiger partial charge in [-0.2, -0.15) is 0 Å². The van der Waals surface area contributed by atoms with Gasteiger partial charge in [0.15, 0.2) is 0 Å². The maximum atomic E-state index is 12.6. The molecule has 3 aromatic rings. The molecule has 1 heterocycles. The van der Waals surface area contributed by atoms with Crippen molar-refractivity contribution in [2.75, 3.05) is 12.4 Å². The van der Waals surface area contributed by atoms with Crippen LogP contribution in [0.2, 0.25) is 0 Å². The molecule has 0 saturated carbocycles. The molecular weight excluding hydrogens is 328 g/mol. The van der Waals surface area contributed by atoms with Gasteiger partial charge in [-0.1, -0.05) is 23.8 Å². The van der Waals surface area contributed by atoms with E-state index in [4.69, 9.17) is 0 Å². The summed E-state index contributed by atoms with van der Waals surface area (Å²) in [6.07, 6.45) is 0. The average molecular weight is 352 g/mol. The van der Waals surface area contributed by atoms with Crippen molar-refractivity contribution >= 4 is 22.6 Å². The van der Waals surface area contributed by atoms with E-state index in [9.17, 15) is 9.59 Å². The molecule has 1 atom stereocenters. The lowest BCUT2D eigenvalue weighted by Gasteiger charge is -2.24. The zero-order valence-electron chi connectivity index (χ0n) is 15.5. The molecule has 26 heavy (non-hydrogen) atoms. The maximum Gasteiger partial charge on any atom is 0.323 e. The van der Waals surface area contributed by atoms with E-state index in [1.54, 1.807) is 18.2 Å². The highest BCUT2D eigenvalue weighted by atomic mass is 16.2. The first kappa shape index (κ1) is 17.9. The molecule has 3 rings (SSSR count). The summed E-state index contributed by atoms with van der Waals surface area (Å²) in [4.78, 5) is 31.3. The van der Waals surface area contributed by atoms with E-state index in [1.165, 1.54) is 16.7 Å². The second kappa shape index (κ2) is 7.17. The molecule has 0 bridgehead atoms. The lowest BCUT2D eigenvalue weighted by atomic mass is 10.0. The molecule has 3 N–H and O–H groups in total. The number of amides is 1. The fourth-order valence-corrected chi connectivity index (χ4v) is 2.99. The molecule has 0 aliphatic heterocycles. The van der Waals surface area contributed by atoms with Crippen molar-refractivity contribution in [1.82, 2.24) is 14.9 Å². The number of aromatic amines is 2. The minimum absolute atomic E-state index is 0.0884. The number of H-pyrrole nitrogens is 2. The molecule has 136 valence electrons. The van der Waals surface area contributed by atoms with Gasteiger partial charge in [-0.15, -0.1) is 0 Å². The Morgan fingerprint density at radius 2 is 1.85 bits per heavy atom. The fourth-order valence-electron chi connectivity index (χ4n) is 2.99. The summed E-state index contributed by atoms with van der Waals surface area (Å²) < 4.78 is 0. The van der Waals surface area contributed by atoms with Crippen molar-refractivity contribution < 1.29 is 4.79 Å². The van der Waals surface area contributed by atoms with Crippen LogP contribution in [0.1, 0.15) is 23.6 Å². The van der Waals surface area contributed by atoms with Gasteiger partial charge in [0.05, 0.1) is 17.1 Å². The van der Waals surface area contributed by atoms with Crippen LogP contribution in [0.4, 0.5) is 5.69 Å². The predicted molar refractivity (Wildman–Crippen MR) is 104 cm³/mol. The number of hydrogen-bond acceptors (Lipinski definition) is 3. The van der Waals surface area contributed by atoms with Crippen LogP contribution in [0.5, 0.6) is 0 Å². The molecule has 0 radical (unpaired) electrons. The Hall–Kier alpha value is -2.86. The van der Waals surface area contributed by atoms with Crippen LogP contribution in [0, 0.1) is 13.8 Å². The van der Waals surface area contributed by atoms with Gasteiger partial charge in [0.2, 0.25) is 5.91 Å². The first-order valence-electron chi connectivity index (χ1n) is 8.63. The van der Waals surface area contributed by atoms with Crippen LogP contribution >= 0.6 is 0 Å². The summed E-state index contributed by atoms with van der Waals surface area (Å²) in [5, 5.41) is 2.92. The van der Waals surface area contributed by atoms with Gasteiger partial charge in [-0.05, 0) is 57.1 Å². The van der Waals surface area contributed by atoms with Crippen molar-refractivity contribution in [1.29, 1.82) is 0 Å². The molecule has 0 aliphatic carbocycles. The number of aryl methyl sites for hydroxylation is 2. The van der Waals surface area contributed by atoms with Gasteiger partial charge >= 0.3 is 5.69 Å². The smallest absolute Gasteiger partial charge is 0.323 e. The normalized spacial score (nSPS) is 12.5. The molecule has 6 nitrogen and oxygen atoms in total. The summed E-state index contributed by atoms with van der Waals surface area (Å²) in [5.74, 6) is -0.0884. The molecule has 0 unspecified atom stereocenters. The van der Waals surface area contributed by atoms with E-state index in [1.807, 2.05) is 18.9 Å². The first-order chi connectivity index (χ1) is 12.3. The van der Waals surface area contributed by atoms with Crippen LogP contribution in [0.25, 0.3) is 11.0 Å². The lowest BCUT2D eigenvalue weighted by molar-refractivity contribution is -0.120. The number of imidazole rings is 1. The standard InChI is InChI=1S/C20H24N4O2/c1-12-5-6-15(13(2)9-12)11-24(4)14(3)19(25)21-16-7-8-17-18(10-16)23-20(26)22-17/h5-10,14H,11H2,1-4H3,(H,21,25)(H2,22,23,26)/t14-/m1/s1. The highest BCUT2D eigenvalue weighted by Crippen LogP contribution is 2.17. The Morgan fingerprint density at radius 1 is 1.12 bits per heavy atom. The Bertz CT molecular complexity index is 1000. The van der Waals surface area contributed by atoms with Crippen LogP contribution in [-0.4, -0.2) is 33.9 Å². The third-order valence-electron chi connectivity index (χ3n) is 4.74. The van der Waals surface area contributed by atoms with E-state index in [0.29, 0.717) is 23.3 Å². The van der Waals surface area contributed by atoms with Crippen LogP contribution < -0.4 is 11.0 Å². The topological polar surface area (TPSA) is 81.0 Å². The average Bonchev–Trinajstić information content (AvgIpc) is 2.95. The molecule has 1 aromatic heterocycles. The fraction of sp³-hybridized carbons (Fsp3) is 0.300. The Balaban J connectivity index is 1.68. The highest BCUT2D eigenvalue weighted by Gasteiger charge is 2.19. The molecule has 0 fully saturated rings. The van der Waals surface area contributed by atoms with Gasteiger partial charge < -0.3 is 15.3 Å². The molecular formula is C20H24N4O2. The minimum atomic E-state index is -0.295. The number of fused-ring (bicyclic) bond motifs is 1. The number of aromatic nitrogens is 2. The first-order valence-corrected chi connectivity index (χ1v) is 8.63. The maximum absolute atomic E-state index is 12.6. The van der Waals surface area contributed by atoms with Gasteiger partial charge in [-0.25, -0.2) is 4.79 Å². The summed E-state index contributed by atoms with van der Waals surface area (Å²) in [7, 11) is 1.94. The van der Waals surface area contributed by atoms with E-state index < -0.39 is 0 Å². The van der Waals surface area contributed by atoms with Crippen molar-refractivity contribution in [3.63, 3.8) is 0 Å². The second-order valence-corrected chi connectivity index (χ2v) is 6.85. The highest BCUT2D eigenvalue weighted by molar-refractivity contribution is 5.96. The summed E-state index contributed by atoms with van der Waals surface area (Å²) in [6, 6.07) is 11.4. The van der Waals surface area contributed by atoms with Crippen molar-refractivity contribution in [3.8, 4) is 0 Å². The van der Waals surface area contributed by atoms with E-state index in [0.717, 1.165) is 0 Å². The Labute approximate surface area is 152 Å². The third-order valence-corrected chi connectivity index (χ3v) is 4.74. The summed E-state index contributed by atoms with van der Waals surface area (Å²) in [6.45, 7) is 6.75. The number of benzene rings is 2. The molecule has 0 aliphatic rings. The largest absolute Gasteiger partial charge is 0.325 e. The number of nitrogens with one attached hydrogen (secondary N) is 3. The molecule has 0 spiro atoms. The predicted octanol–water partition coefficient (Wildman–Crippen LogP) is 2.93. The summed E-state index contributed by atoms with van der Waals surface area (Å²) >= 11 is 0. The number of rotatable bonds is 5. The van der Waals surface area contributed by atoms with E-state index in [2.05, 4.69) is 47.3 Å². The quantitative estimate of drug-likeness (QED) is 0.660. The SMILES string of the molecule is Cc1ccc(CN(C)[C@H](C)C(=O)Nc2ccc3[nH]c(=O)[nH]c3c2)c(C)c1. The molecule has 1 amide bonds. The zero-order valence-corrected chi connectivity index (χ0v) is 15.5. The number of carbonyl (C=O) groups is 1. The second-order valence-electron chi connectivity index (χ2n) is 6.85. The minimum Gasteiger partial charge on any atom is -0.325 e. The third kappa shape index (κ3) is 3.86. The number of anilines is 1. The van der Waals surface area contributed by atoms with Crippen molar-refractivity contribution in [2.24, 2.45) is 0 Å². The van der Waals surface area contributed by atoms with Gasteiger partial charge in [0, 0.05) is 12.2 Å². The number of likely N-dealkylation sites (N-methyl/N-ethyl adjacent to an activating group) is 1. The number of hydrogen-bond donors (Lipinski definition) is 3. The van der Waals surface area contributed by atoms with Gasteiger partial charge in [0.25, 0.3) is 0 Å². The van der Waals surface area contributed by atoms with E-state index >= 15 is 0 Å². The van der Waals surface area contributed by atoms with E-state index in [-0.39, 0.29) is 17.6 Å². The van der Waals surface area contributed by atoms with Crippen molar-refractivity contribution in [2.45, 2.75) is 33.4 Å². The monoisotopic (exact) mass is 352 g/mol. The van der Waals surface area contributed by atoms with Crippen LogP contribution in [0.15, 0.2) is 41.2 Å². The number of carbonyl (C=O) groups excluding carboxylic acids is 1. The van der Waals surface area contributed by atoms with Crippen molar-refractivity contribution in [3.05, 3.63) is 63.6 Å². The Morgan fingerprint density at radius 3 is 2.58 bits per heavy atom. The molecule has 0 saturated heterocycles.